The maximum Gasteiger partial charge on any atom is 0.0453 e. The minimum atomic E-state index is 0.406. The van der Waals surface area contributed by atoms with Crippen LogP contribution in [0.4, 0.5) is 0 Å². The van der Waals surface area contributed by atoms with Gasteiger partial charge in [-0.3, -0.25) is 0 Å². The predicted octanol–water partition coefficient (Wildman–Crippen LogP) is 4.18. The first-order valence-corrected chi connectivity index (χ1v) is 6.15. The molecular formula is C13H20ClN. The monoisotopic (exact) mass is 225 g/mol. The van der Waals surface area contributed by atoms with Gasteiger partial charge < -0.3 is 5.32 Å². The van der Waals surface area contributed by atoms with Crippen molar-refractivity contribution in [3.05, 3.63) is 34.9 Å². The number of nitrogens with one attached hydrogen (secondary N) is 1. The lowest BCUT2D eigenvalue weighted by Crippen LogP contribution is -2.21. The van der Waals surface area contributed by atoms with Crippen molar-refractivity contribution in [3.8, 4) is 0 Å². The summed E-state index contributed by atoms with van der Waals surface area (Å²) >= 11 is 6.19. The number of hydrogen-bond acceptors (Lipinski definition) is 1. The maximum atomic E-state index is 6.19. The van der Waals surface area contributed by atoms with E-state index in [1.807, 2.05) is 12.1 Å². The van der Waals surface area contributed by atoms with Gasteiger partial charge in [0.25, 0.3) is 0 Å². The average molecular weight is 226 g/mol. The Balaban J connectivity index is 2.74. The zero-order valence-electron chi connectivity index (χ0n) is 9.59. The summed E-state index contributed by atoms with van der Waals surface area (Å²) in [5.41, 5.74) is 1.23. The molecule has 1 atom stereocenters. The fourth-order valence-corrected chi connectivity index (χ4v) is 2.05. The van der Waals surface area contributed by atoms with Crippen LogP contribution in [-0.4, -0.2) is 6.54 Å². The summed E-state index contributed by atoms with van der Waals surface area (Å²) in [5.74, 6) is 0. The lowest BCUT2D eigenvalue weighted by atomic mass is 10.0. The van der Waals surface area contributed by atoms with E-state index in [2.05, 4.69) is 31.3 Å². The third-order valence-electron chi connectivity index (χ3n) is 2.58. The molecule has 1 aromatic carbocycles. The Labute approximate surface area is 97.8 Å². The van der Waals surface area contributed by atoms with Crippen LogP contribution >= 0.6 is 11.6 Å². The van der Waals surface area contributed by atoms with Gasteiger partial charge in [0.15, 0.2) is 0 Å². The molecule has 0 radical (unpaired) electrons. The first-order chi connectivity index (χ1) is 7.29. The van der Waals surface area contributed by atoms with Crippen molar-refractivity contribution in [1.82, 2.24) is 5.32 Å². The number of rotatable bonds is 6. The molecule has 1 unspecified atom stereocenters. The SMILES string of the molecule is CCCCC(NCC)c1ccccc1Cl. The quantitative estimate of drug-likeness (QED) is 0.766. The number of benzene rings is 1. The van der Waals surface area contributed by atoms with Crippen LogP contribution in [0.25, 0.3) is 0 Å². The molecule has 2 heteroatoms. The van der Waals surface area contributed by atoms with E-state index in [0.717, 1.165) is 18.0 Å². The maximum absolute atomic E-state index is 6.19. The summed E-state index contributed by atoms with van der Waals surface area (Å²) < 4.78 is 0. The lowest BCUT2D eigenvalue weighted by molar-refractivity contribution is 0.495. The molecule has 0 aromatic heterocycles. The molecule has 1 nitrogen and oxygen atoms in total. The van der Waals surface area contributed by atoms with Gasteiger partial charge in [-0.05, 0) is 24.6 Å². The summed E-state index contributed by atoms with van der Waals surface area (Å²) in [6.07, 6.45) is 3.63. The van der Waals surface area contributed by atoms with E-state index in [0.29, 0.717) is 6.04 Å². The number of unbranched alkanes of at least 4 members (excludes halogenated alkanes) is 1. The van der Waals surface area contributed by atoms with Crippen LogP contribution in [0, 0.1) is 0 Å². The zero-order valence-corrected chi connectivity index (χ0v) is 10.3. The van der Waals surface area contributed by atoms with E-state index in [9.17, 15) is 0 Å². The van der Waals surface area contributed by atoms with Crippen LogP contribution in [0.3, 0.4) is 0 Å². The first kappa shape index (κ1) is 12.5. The van der Waals surface area contributed by atoms with Gasteiger partial charge in [0.2, 0.25) is 0 Å². The van der Waals surface area contributed by atoms with Crippen molar-refractivity contribution in [2.24, 2.45) is 0 Å². The third kappa shape index (κ3) is 3.84. The standard InChI is InChI=1S/C13H20ClN/c1-3-5-10-13(15-4-2)11-8-6-7-9-12(11)14/h6-9,13,15H,3-5,10H2,1-2H3. The fourth-order valence-electron chi connectivity index (χ4n) is 1.78. The van der Waals surface area contributed by atoms with Gasteiger partial charge >= 0.3 is 0 Å². The van der Waals surface area contributed by atoms with Gasteiger partial charge in [-0.2, -0.15) is 0 Å². The summed E-state index contributed by atoms with van der Waals surface area (Å²) in [5, 5.41) is 4.36. The second-order valence-electron chi connectivity index (χ2n) is 3.77. The first-order valence-electron chi connectivity index (χ1n) is 5.77. The highest BCUT2D eigenvalue weighted by Crippen LogP contribution is 2.26. The minimum Gasteiger partial charge on any atom is -0.310 e. The van der Waals surface area contributed by atoms with Gasteiger partial charge in [-0.15, -0.1) is 0 Å². The second-order valence-corrected chi connectivity index (χ2v) is 4.18. The zero-order chi connectivity index (χ0) is 11.1. The Morgan fingerprint density at radius 1 is 1.27 bits per heavy atom. The van der Waals surface area contributed by atoms with Crippen LogP contribution in [0.15, 0.2) is 24.3 Å². The fraction of sp³-hybridized carbons (Fsp3) is 0.538. The summed E-state index contributed by atoms with van der Waals surface area (Å²) in [6.45, 7) is 5.34. The largest absolute Gasteiger partial charge is 0.310 e. The molecule has 0 saturated heterocycles. The van der Waals surface area contributed by atoms with Gasteiger partial charge in [-0.25, -0.2) is 0 Å². The number of halogens is 1. The molecule has 0 fully saturated rings. The molecule has 0 saturated carbocycles. The van der Waals surface area contributed by atoms with E-state index < -0.39 is 0 Å². The van der Waals surface area contributed by atoms with Crippen LogP contribution in [0.5, 0.6) is 0 Å². The summed E-state index contributed by atoms with van der Waals surface area (Å²) in [6, 6.07) is 8.52. The van der Waals surface area contributed by atoms with Gasteiger partial charge in [0, 0.05) is 11.1 Å². The Bertz CT molecular complexity index is 286. The summed E-state index contributed by atoms with van der Waals surface area (Å²) in [4.78, 5) is 0. The molecule has 1 rings (SSSR count). The molecule has 0 bridgehead atoms. The molecule has 0 aliphatic rings. The van der Waals surface area contributed by atoms with Crippen molar-refractivity contribution in [3.63, 3.8) is 0 Å². The Morgan fingerprint density at radius 2 is 2.00 bits per heavy atom. The van der Waals surface area contributed by atoms with Crippen LogP contribution in [0.1, 0.15) is 44.7 Å². The van der Waals surface area contributed by atoms with Crippen molar-refractivity contribution >= 4 is 11.6 Å². The molecule has 0 aliphatic heterocycles. The van der Waals surface area contributed by atoms with Gasteiger partial charge in [0.1, 0.15) is 0 Å². The number of hydrogen-bond donors (Lipinski definition) is 1. The normalized spacial score (nSPS) is 12.7. The third-order valence-corrected chi connectivity index (χ3v) is 2.92. The minimum absolute atomic E-state index is 0.406. The summed E-state index contributed by atoms with van der Waals surface area (Å²) in [7, 11) is 0. The molecule has 0 spiro atoms. The molecule has 0 heterocycles. The smallest absolute Gasteiger partial charge is 0.0453 e. The molecule has 15 heavy (non-hydrogen) atoms. The Kier molecular flexibility index (Phi) is 5.74. The lowest BCUT2D eigenvalue weighted by Gasteiger charge is -2.19. The van der Waals surface area contributed by atoms with Crippen molar-refractivity contribution < 1.29 is 0 Å². The molecule has 84 valence electrons. The van der Waals surface area contributed by atoms with Crippen LogP contribution in [-0.2, 0) is 0 Å². The average Bonchev–Trinajstić information content (AvgIpc) is 2.25. The highest BCUT2D eigenvalue weighted by molar-refractivity contribution is 6.31. The van der Waals surface area contributed by atoms with E-state index in [1.54, 1.807) is 0 Å². The van der Waals surface area contributed by atoms with E-state index in [4.69, 9.17) is 11.6 Å². The highest BCUT2D eigenvalue weighted by Gasteiger charge is 2.11. The van der Waals surface area contributed by atoms with Gasteiger partial charge in [-0.1, -0.05) is 56.5 Å². The van der Waals surface area contributed by atoms with E-state index in [-0.39, 0.29) is 0 Å². The van der Waals surface area contributed by atoms with Crippen LogP contribution < -0.4 is 5.32 Å². The Morgan fingerprint density at radius 3 is 2.60 bits per heavy atom. The molecule has 0 aliphatic carbocycles. The van der Waals surface area contributed by atoms with Crippen molar-refractivity contribution in [2.45, 2.75) is 39.2 Å². The van der Waals surface area contributed by atoms with Crippen molar-refractivity contribution in [1.29, 1.82) is 0 Å². The van der Waals surface area contributed by atoms with Gasteiger partial charge in [0.05, 0.1) is 0 Å². The van der Waals surface area contributed by atoms with Crippen LogP contribution in [0.2, 0.25) is 5.02 Å². The van der Waals surface area contributed by atoms with E-state index >= 15 is 0 Å². The second kappa shape index (κ2) is 6.86. The molecule has 0 amide bonds. The predicted molar refractivity (Wildman–Crippen MR) is 67.4 cm³/mol. The van der Waals surface area contributed by atoms with Crippen molar-refractivity contribution in [2.75, 3.05) is 6.54 Å². The molecule has 1 aromatic rings. The molecular weight excluding hydrogens is 206 g/mol. The Hall–Kier alpha value is -0.530. The topological polar surface area (TPSA) is 12.0 Å². The highest BCUT2D eigenvalue weighted by atomic mass is 35.5. The van der Waals surface area contributed by atoms with E-state index in [1.165, 1.54) is 18.4 Å². The molecule has 1 N–H and O–H groups in total.